The molecule has 1 aromatic heterocycles. The molecule has 7 heteroatoms. The van der Waals surface area contributed by atoms with Gasteiger partial charge >= 0.3 is 0 Å². The molecule has 0 saturated heterocycles. The van der Waals surface area contributed by atoms with Gasteiger partial charge < -0.3 is 14.9 Å². The minimum Gasteiger partial charge on any atom is -0.493 e. The van der Waals surface area contributed by atoms with Crippen LogP contribution >= 0.6 is 0 Å². The Labute approximate surface area is 181 Å². The monoisotopic (exact) mass is 419 g/mol. The maximum Gasteiger partial charge on any atom is 0.215 e. The molecular formula is C24H29N5O2. The first-order valence-electron chi connectivity index (χ1n) is 10.6. The number of fused-ring (bicyclic) bond motifs is 2. The van der Waals surface area contributed by atoms with Gasteiger partial charge in [-0.1, -0.05) is 24.3 Å². The summed E-state index contributed by atoms with van der Waals surface area (Å²) < 4.78 is 1.65. The van der Waals surface area contributed by atoms with Gasteiger partial charge in [-0.3, -0.25) is 9.79 Å². The zero-order chi connectivity index (χ0) is 22.1. The topological polar surface area (TPSA) is 74.0 Å². The van der Waals surface area contributed by atoms with Crippen molar-refractivity contribution in [3.05, 3.63) is 52.0 Å². The molecule has 0 unspecified atom stereocenters. The van der Waals surface area contributed by atoms with Crippen LogP contribution in [0.3, 0.4) is 0 Å². The third-order valence-corrected chi connectivity index (χ3v) is 5.58. The van der Waals surface area contributed by atoms with Gasteiger partial charge in [0, 0.05) is 34.6 Å². The molecule has 1 N–H and O–H groups in total. The van der Waals surface area contributed by atoms with E-state index in [1.807, 2.05) is 64.6 Å². The highest BCUT2D eigenvalue weighted by atomic mass is 16.3. The Bertz CT molecular complexity index is 1360. The van der Waals surface area contributed by atoms with E-state index in [2.05, 4.69) is 9.80 Å². The Hall–Kier alpha value is -3.03. The molecule has 31 heavy (non-hydrogen) atoms. The van der Waals surface area contributed by atoms with Crippen LogP contribution in [-0.4, -0.2) is 72.5 Å². The number of rotatable bonds is 7. The lowest BCUT2D eigenvalue weighted by molar-refractivity contribution is 0.354. The van der Waals surface area contributed by atoms with Crippen LogP contribution in [0.4, 0.5) is 0 Å². The number of benzene rings is 3. The molecule has 7 nitrogen and oxygen atoms in total. The van der Waals surface area contributed by atoms with E-state index in [9.17, 15) is 9.90 Å². The predicted octanol–water partition coefficient (Wildman–Crippen LogP) is 2.26. The molecule has 0 bridgehead atoms. The minimum absolute atomic E-state index is 0.0659. The third kappa shape index (κ3) is 3.98. The summed E-state index contributed by atoms with van der Waals surface area (Å²) in [5.74, 6) is 0.0887. The van der Waals surface area contributed by atoms with Crippen LogP contribution in [-0.2, 0) is 6.54 Å². The molecular weight excluding hydrogens is 390 g/mol. The maximum atomic E-state index is 13.5. The van der Waals surface area contributed by atoms with Gasteiger partial charge in [0.05, 0.1) is 17.3 Å². The molecule has 0 aliphatic carbocycles. The fraction of sp³-hybridized carbons (Fsp3) is 0.375. The Morgan fingerprint density at radius 1 is 0.935 bits per heavy atom. The average molecular weight is 420 g/mol. The molecule has 0 aliphatic heterocycles. The molecule has 0 amide bonds. The van der Waals surface area contributed by atoms with Crippen molar-refractivity contribution in [2.45, 2.75) is 13.0 Å². The highest BCUT2D eigenvalue weighted by Crippen LogP contribution is 2.32. The summed E-state index contributed by atoms with van der Waals surface area (Å²) in [5.41, 5.74) is 0.663. The maximum absolute atomic E-state index is 13.5. The first kappa shape index (κ1) is 21.2. The molecule has 4 rings (SSSR count). The lowest BCUT2D eigenvalue weighted by atomic mass is 9.98. The van der Waals surface area contributed by atoms with E-state index in [4.69, 9.17) is 10.1 Å². The van der Waals surface area contributed by atoms with Gasteiger partial charge in [-0.05, 0) is 53.3 Å². The SMILES string of the molecule is CN(C)CCCn1nc2c3ccccc3c(=O)c3c(=NCCN(C)C)ccc(c1O)c32. The first-order chi connectivity index (χ1) is 14.9. The van der Waals surface area contributed by atoms with Crippen LogP contribution in [0.2, 0.25) is 0 Å². The van der Waals surface area contributed by atoms with Crippen LogP contribution < -0.4 is 10.8 Å². The number of aryl methyl sites for hydroxylation is 1. The summed E-state index contributed by atoms with van der Waals surface area (Å²) in [6.45, 7) is 2.87. The van der Waals surface area contributed by atoms with E-state index in [1.54, 1.807) is 4.68 Å². The summed E-state index contributed by atoms with van der Waals surface area (Å²) >= 11 is 0. The number of aromatic nitrogens is 2. The number of aromatic hydroxyl groups is 1. The van der Waals surface area contributed by atoms with Gasteiger partial charge in [-0.15, -0.1) is 0 Å². The van der Waals surface area contributed by atoms with Crippen molar-refractivity contribution in [2.75, 3.05) is 47.8 Å². The van der Waals surface area contributed by atoms with Crippen LogP contribution in [0, 0.1) is 0 Å². The lowest BCUT2D eigenvalue weighted by Gasteiger charge is -2.16. The summed E-state index contributed by atoms with van der Waals surface area (Å²) in [4.78, 5) is 22.3. The van der Waals surface area contributed by atoms with E-state index in [0.717, 1.165) is 30.4 Å². The molecule has 4 aromatic rings. The number of hydrogen-bond donors (Lipinski definition) is 1. The molecule has 0 spiro atoms. The summed E-state index contributed by atoms with van der Waals surface area (Å²) in [7, 11) is 8.04. The van der Waals surface area contributed by atoms with Crippen molar-refractivity contribution in [3.63, 3.8) is 0 Å². The summed E-state index contributed by atoms with van der Waals surface area (Å²) in [5, 5.41) is 19.7. The van der Waals surface area contributed by atoms with E-state index >= 15 is 0 Å². The van der Waals surface area contributed by atoms with E-state index in [-0.39, 0.29) is 11.3 Å². The van der Waals surface area contributed by atoms with Gasteiger partial charge in [0.2, 0.25) is 5.88 Å². The number of hydrogen-bond acceptors (Lipinski definition) is 6. The van der Waals surface area contributed by atoms with Crippen molar-refractivity contribution < 1.29 is 5.11 Å². The lowest BCUT2D eigenvalue weighted by Crippen LogP contribution is -2.20. The van der Waals surface area contributed by atoms with Crippen molar-refractivity contribution in [1.82, 2.24) is 19.6 Å². The van der Waals surface area contributed by atoms with E-state index in [1.165, 1.54) is 0 Å². The molecule has 0 saturated carbocycles. The normalized spacial score (nSPS) is 12.9. The summed E-state index contributed by atoms with van der Waals surface area (Å²) in [6, 6.07) is 11.3. The van der Waals surface area contributed by atoms with Crippen molar-refractivity contribution in [2.24, 2.45) is 4.99 Å². The predicted molar refractivity (Wildman–Crippen MR) is 126 cm³/mol. The number of likely N-dealkylation sites (N-methyl/N-ethyl adjacent to an activating group) is 1. The molecule has 0 radical (unpaired) electrons. The highest BCUT2D eigenvalue weighted by molar-refractivity contribution is 6.20. The highest BCUT2D eigenvalue weighted by Gasteiger charge is 2.18. The standard InChI is InChI=1S/C24H29N5O2/c1-27(2)13-7-14-29-24(31)18-10-11-19(25-12-15-28(3)4)21-20(18)22(26-29)16-8-5-6-9-17(16)23(21)30/h5-6,8-11,31H,7,12-15H2,1-4H3. The van der Waals surface area contributed by atoms with Gasteiger partial charge in [0.1, 0.15) is 5.52 Å². The van der Waals surface area contributed by atoms with Gasteiger partial charge in [-0.25, -0.2) is 4.68 Å². The zero-order valence-electron chi connectivity index (χ0n) is 18.6. The van der Waals surface area contributed by atoms with Crippen LogP contribution in [0.1, 0.15) is 6.42 Å². The molecule has 0 fully saturated rings. The molecule has 0 atom stereocenters. The van der Waals surface area contributed by atoms with Crippen molar-refractivity contribution in [1.29, 1.82) is 0 Å². The van der Waals surface area contributed by atoms with Crippen LogP contribution in [0.15, 0.2) is 46.2 Å². The Morgan fingerprint density at radius 2 is 1.65 bits per heavy atom. The second kappa shape index (κ2) is 8.61. The first-order valence-corrected chi connectivity index (χ1v) is 10.6. The fourth-order valence-electron chi connectivity index (χ4n) is 4.02. The van der Waals surface area contributed by atoms with Crippen LogP contribution in [0.25, 0.3) is 32.4 Å². The number of nitrogens with zero attached hydrogens (tertiary/aromatic N) is 5. The van der Waals surface area contributed by atoms with Crippen molar-refractivity contribution >= 4 is 32.4 Å². The smallest absolute Gasteiger partial charge is 0.215 e. The molecule has 0 aliphatic rings. The third-order valence-electron chi connectivity index (χ3n) is 5.58. The largest absolute Gasteiger partial charge is 0.493 e. The summed E-state index contributed by atoms with van der Waals surface area (Å²) in [6.07, 6.45) is 0.856. The Morgan fingerprint density at radius 3 is 2.35 bits per heavy atom. The quantitative estimate of drug-likeness (QED) is 0.367. The minimum atomic E-state index is -0.0659. The zero-order valence-corrected chi connectivity index (χ0v) is 18.6. The molecule has 1 heterocycles. The fourth-order valence-corrected chi connectivity index (χ4v) is 4.02. The second-order valence-electron chi connectivity index (χ2n) is 8.49. The van der Waals surface area contributed by atoms with Gasteiger partial charge in [0.15, 0.2) is 5.43 Å². The Kier molecular flexibility index (Phi) is 5.89. The molecule has 162 valence electrons. The Balaban J connectivity index is 2.03. The second-order valence-corrected chi connectivity index (χ2v) is 8.49. The van der Waals surface area contributed by atoms with Gasteiger partial charge in [0.25, 0.3) is 0 Å². The van der Waals surface area contributed by atoms with Gasteiger partial charge in [-0.2, -0.15) is 5.10 Å². The van der Waals surface area contributed by atoms with Crippen LogP contribution in [0.5, 0.6) is 5.88 Å². The average Bonchev–Trinajstić information content (AvgIpc) is 2.73. The molecule has 3 aromatic carbocycles. The van der Waals surface area contributed by atoms with Crippen molar-refractivity contribution in [3.8, 4) is 5.88 Å². The van der Waals surface area contributed by atoms with E-state index < -0.39 is 0 Å². The van der Waals surface area contributed by atoms with E-state index in [0.29, 0.717) is 40.0 Å².